The lowest BCUT2D eigenvalue weighted by molar-refractivity contribution is -0.124. The van der Waals surface area contributed by atoms with Gasteiger partial charge in [-0.25, -0.2) is 4.79 Å². The normalized spacial score (nSPS) is 12.1. The van der Waals surface area contributed by atoms with E-state index < -0.39 is 18.0 Å². The number of benzene rings is 1. The lowest BCUT2D eigenvalue weighted by Gasteiger charge is -2.15. The van der Waals surface area contributed by atoms with E-state index in [1.165, 1.54) is 0 Å². The number of ether oxygens (including phenoxy) is 1. The Morgan fingerprint density at radius 3 is 2.76 bits per heavy atom. The summed E-state index contributed by atoms with van der Waals surface area (Å²) in [5, 5.41) is 7.06. The summed E-state index contributed by atoms with van der Waals surface area (Å²) in [6, 6.07) is 9.06. The van der Waals surface area contributed by atoms with Gasteiger partial charge >= 0.3 is 5.97 Å². The number of esters is 1. The molecule has 0 saturated carbocycles. The minimum absolute atomic E-state index is 0.292. The second-order valence-electron chi connectivity index (χ2n) is 5.78. The van der Waals surface area contributed by atoms with E-state index in [9.17, 15) is 9.59 Å². The molecule has 1 amide bonds. The number of para-hydroxylation sites is 1. The zero-order valence-corrected chi connectivity index (χ0v) is 14.3. The molecule has 25 heavy (non-hydrogen) atoms. The van der Waals surface area contributed by atoms with Crippen molar-refractivity contribution in [1.29, 1.82) is 0 Å². The Hall–Kier alpha value is -3.09. The Morgan fingerprint density at radius 1 is 1.32 bits per heavy atom. The van der Waals surface area contributed by atoms with Gasteiger partial charge in [-0.3, -0.25) is 4.79 Å². The van der Waals surface area contributed by atoms with Crippen molar-refractivity contribution >= 4 is 28.6 Å². The van der Waals surface area contributed by atoms with Gasteiger partial charge in [-0.2, -0.15) is 0 Å². The number of aromatic amines is 1. The number of hydrogen-bond acceptors (Lipinski definition) is 5. The molecule has 2 N–H and O–H groups in total. The fourth-order valence-electron chi connectivity index (χ4n) is 2.68. The van der Waals surface area contributed by atoms with Gasteiger partial charge in [0.2, 0.25) is 0 Å². The van der Waals surface area contributed by atoms with Crippen LogP contribution in [-0.4, -0.2) is 28.1 Å². The van der Waals surface area contributed by atoms with Crippen molar-refractivity contribution in [2.24, 2.45) is 0 Å². The SMILES string of the molecule is CC[C@H](OC(=O)c1c(C)[nH]c2ccccc12)C(=O)Nc1cc(C)on1. The van der Waals surface area contributed by atoms with Crippen LogP contribution in [0.5, 0.6) is 0 Å². The van der Waals surface area contributed by atoms with E-state index in [1.54, 1.807) is 26.8 Å². The van der Waals surface area contributed by atoms with E-state index in [1.807, 2.05) is 24.3 Å². The molecule has 0 aliphatic rings. The second kappa shape index (κ2) is 6.80. The van der Waals surface area contributed by atoms with Crippen molar-refractivity contribution < 1.29 is 18.8 Å². The third-order valence-electron chi connectivity index (χ3n) is 3.89. The molecule has 1 atom stereocenters. The lowest BCUT2D eigenvalue weighted by atomic mass is 10.1. The van der Waals surface area contributed by atoms with Gasteiger partial charge < -0.3 is 19.6 Å². The van der Waals surface area contributed by atoms with Crippen molar-refractivity contribution in [2.75, 3.05) is 5.32 Å². The number of aromatic nitrogens is 2. The number of carbonyl (C=O) groups is 2. The molecule has 0 saturated heterocycles. The number of anilines is 1. The summed E-state index contributed by atoms with van der Waals surface area (Å²) in [5.74, 6) is -0.107. The molecule has 0 aliphatic heterocycles. The molecule has 0 radical (unpaired) electrons. The van der Waals surface area contributed by atoms with Crippen LogP contribution in [0.3, 0.4) is 0 Å². The fourth-order valence-corrected chi connectivity index (χ4v) is 2.68. The van der Waals surface area contributed by atoms with Gasteiger partial charge in [-0.05, 0) is 26.3 Å². The van der Waals surface area contributed by atoms with Crippen LogP contribution < -0.4 is 5.32 Å². The number of nitrogens with one attached hydrogen (secondary N) is 2. The van der Waals surface area contributed by atoms with E-state index in [4.69, 9.17) is 9.26 Å². The zero-order chi connectivity index (χ0) is 18.0. The number of amides is 1. The molecule has 3 aromatic rings. The molecule has 2 aromatic heterocycles. The zero-order valence-electron chi connectivity index (χ0n) is 14.3. The predicted octanol–water partition coefficient (Wildman–Crippen LogP) is 3.35. The van der Waals surface area contributed by atoms with E-state index in [2.05, 4.69) is 15.5 Å². The Bertz CT molecular complexity index is 925. The minimum Gasteiger partial charge on any atom is -0.449 e. The van der Waals surface area contributed by atoms with Gasteiger partial charge in [-0.15, -0.1) is 0 Å². The highest BCUT2D eigenvalue weighted by atomic mass is 16.5. The molecule has 0 bridgehead atoms. The van der Waals surface area contributed by atoms with Crippen molar-refractivity contribution in [3.05, 3.63) is 47.3 Å². The Balaban J connectivity index is 1.77. The first kappa shape index (κ1) is 16.8. The summed E-state index contributed by atoms with van der Waals surface area (Å²) in [4.78, 5) is 28.1. The molecule has 0 unspecified atom stereocenters. The Kier molecular flexibility index (Phi) is 4.56. The second-order valence-corrected chi connectivity index (χ2v) is 5.78. The average Bonchev–Trinajstić information content (AvgIpc) is 3.14. The highest BCUT2D eigenvalue weighted by Crippen LogP contribution is 2.23. The van der Waals surface area contributed by atoms with Crippen LogP contribution in [0.1, 0.15) is 35.2 Å². The maximum Gasteiger partial charge on any atom is 0.341 e. The first-order valence-corrected chi connectivity index (χ1v) is 8.02. The molecule has 3 rings (SSSR count). The molecular formula is C18H19N3O4. The van der Waals surface area contributed by atoms with E-state index >= 15 is 0 Å². The van der Waals surface area contributed by atoms with Crippen LogP contribution in [0, 0.1) is 13.8 Å². The van der Waals surface area contributed by atoms with Crippen molar-refractivity contribution in [1.82, 2.24) is 10.1 Å². The number of nitrogens with zero attached hydrogens (tertiary/aromatic N) is 1. The summed E-state index contributed by atoms with van der Waals surface area (Å²) in [6.07, 6.45) is -0.576. The van der Waals surface area contributed by atoms with Crippen LogP contribution in [0.25, 0.3) is 10.9 Å². The largest absolute Gasteiger partial charge is 0.449 e. The number of rotatable bonds is 5. The van der Waals surface area contributed by atoms with Crippen LogP contribution >= 0.6 is 0 Å². The molecule has 0 spiro atoms. The third kappa shape index (κ3) is 3.40. The number of aryl methyl sites for hydroxylation is 2. The molecule has 0 aliphatic carbocycles. The minimum atomic E-state index is -0.919. The predicted molar refractivity (Wildman–Crippen MR) is 92.4 cm³/mol. The molecule has 0 fully saturated rings. The van der Waals surface area contributed by atoms with Crippen molar-refractivity contribution in [3.63, 3.8) is 0 Å². The standard InChI is InChI=1S/C18H19N3O4/c1-4-14(17(22)20-15-9-10(2)25-21-15)24-18(23)16-11(3)19-13-8-6-5-7-12(13)16/h5-9,14,19H,4H2,1-3H3,(H,20,21,22)/t14-/m0/s1. The monoisotopic (exact) mass is 341 g/mol. The first-order chi connectivity index (χ1) is 12.0. The fraction of sp³-hybridized carbons (Fsp3) is 0.278. The highest BCUT2D eigenvalue weighted by molar-refractivity contribution is 6.06. The Labute approximate surface area is 144 Å². The summed E-state index contributed by atoms with van der Waals surface area (Å²) in [7, 11) is 0. The average molecular weight is 341 g/mol. The van der Waals surface area contributed by atoms with Gasteiger partial charge in [0.15, 0.2) is 11.9 Å². The topological polar surface area (TPSA) is 97.2 Å². The first-order valence-electron chi connectivity index (χ1n) is 8.02. The molecular weight excluding hydrogens is 322 g/mol. The quantitative estimate of drug-likeness (QED) is 0.694. The van der Waals surface area contributed by atoms with E-state index in [-0.39, 0.29) is 0 Å². The summed E-state index contributed by atoms with van der Waals surface area (Å²) in [5.41, 5.74) is 2.00. The number of fused-ring (bicyclic) bond motifs is 1. The van der Waals surface area contributed by atoms with Gasteiger partial charge in [-0.1, -0.05) is 30.3 Å². The molecule has 130 valence electrons. The molecule has 1 aromatic carbocycles. The van der Waals surface area contributed by atoms with Crippen molar-refractivity contribution in [3.8, 4) is 0 Å². The maximum atomic E-state index is 12.6. The maximum absolute atomic E-state index is 12.6. The number of hydrogen-bond donors (Lipinski definition) is 2. The number of H-pyrrole nitrogens is 1. The smallest absolute Gasteiger partial charge is 0.341 e. The van der Waals surface area contributed by atoms with Gasteiger partial charge in [0.25, 0.3) is 5.91 Å². The highest BCUT2D eigenvalue weighted by Gasteiger charge is 2.25. The van der Waals surface area contributed by atoms with Crippen LogP contribution in [0.4, 0.5) is 5.82 Å². The molecule has 2 heterocycles. The van der Waals surface area contributed by atoms with Gasteiger partial charge in [0.05, 0.1) is 5.56 Å². The summed E-state index contributed by atoms with van der Waals surface area (Å²) < 4.78 is 10.4. The van der Waals surface area contributed by atoms with Crippen LogP contribution in [0.2, 0.25) is 0 Å². The van der Waals surface area contributed by atoms with Crippen LogP contribution in [0.15, 0.2) is 34.9 Å². The van der Waals surface area contributed by atoms with Crippen molar-refractivity contribution in [2.45, 2.75) is 33.3 Å². The third-order valence-corrected chi connectivity index (χ3v) is 3.89. The molecule has 7 nitrogen and oxygen atoms in total. The summed E-state index contributed by atoms with van der Waals surface area (Å²) in [6.45, 7) is 5.29. The molecule has 7 heteroatoms. The summed E-state index contributed by atoms with van der Waals surface area (Å²) >= 11 is 0. The van der Waals surface area contributed by atoms with Gasteiger partial charge in [0.1, 0.15) is 5.76 Å². The Morgan fingerprint density at radius 2 is 2.08 bits per heavy atom. The van der Waals surface area contributed by atoms with Crippen LogP contribution in [-0.2, 0) is 9.53 Å². The van der Waals surface area contributed by atoms with Gasteiger partial charge in [0, 0.05) is 22.7 Å². The lowest BCUT2D eigenvalue weighted by Crippen LogP contribution is -2.32. The van der Waals surface area contributed by atoms with E-state index in [0.29, 0.717) is 29.3 Å². The van der Waals surface area contributed by atoms with E-state index in [0.717, 1.165) is 10.9 Å². The number of carbonyl (C=O) groups excluding carboxylic acids is 2.